The normalized spacial score (nSPS) is 12.3. The van der Waals surface area contributed by atoms with Gasteiger partial charge in [-0.1, -0.05) is 0 Å². The minimum absolute atomic E-state index is 0.450. The van der Waals surface area contributed by atoms with Crippen molar-refractivity contribution in [3.8, 4) is 5.75 Å². The Labute approximate surface area is 117 Å². The van der Waals surface area contributed by atoms with Crippen molar-refractivity contribution < 1.29 is 31.2 Å². The number of nitrogens with zero attached hydrogens (tertiary/aromatic N) is 2. The summed E-state index contributed by atoms with van der Waals surface area (Å²) in [7, 11) is -4.67. The summed E-state index contributed by atoms with van der Waals surface area (Å²) in [6.45, 7) is 0. The lowest BCUT2D eigenvalue weighted by Gasteiger charge is -2.12. The molecular weight excluding hydrogens is 410 g/mol. The van der Waals surface area contributed by atoms with Crippen LogP contribution in [-0.4, -0.2) is 24.7 Å². The molecule has 0 radical (unpaired) electrons. The molecule has 0 aliphatic heterocycles. The number of primary sulfonamides is 1. The van der Waals surface area contributed by atoms with Crippen molar-refractivity contribution >= 4 is 38.3 Å². The van der Waals surface area contributed by atoms with Gasteiger partial charge in [0.15, 0.2) is 3.70 Å². The van der Waals surface area contributed by atoms with Crippen LogP contribution >= 0.6 is 22.6 Å². The summed E-state index contributed by atoms with van der Waals surface area (Å²) in [4.78, 5) is 11.5. The summed E-state index contributed by atoms with van der Waals surface area (Å²) >= 11 is 1.26. The van der Waals surface area contributed by atoms with E-state index in [1.165, 1.54) is 22.6 Å². The highest BCUT2D eigenvalue weighted by Gasteiger charge is 2.39. The largest absolute Gasteiger partial charge is 0.573 e. The van der Waals surface area contributed by atoms with E-state index >= 15 is 0 Å². The van der Waals surface area contributed by atoms with Gasteiger partial charge in [-0.05, 0) is 22.6 Å². The first kappa shape index (κ1) is 15.8. The van der Waals surface area contributed by atoms with Gasteiger partial charge in [0.2, 0.25) is 15.8 Å². The van der Waals surface area contributed by atoms with E-state index in [-0.39, 0.29) is 0 Å². The van der Waals surface area contributed by atoms with Crippen molar-refractivity contribution in [1.29, 1.82) is 0 Å². The Morgan fingerprint density at radius 2 is 2.00 bits per heavy atom. The zero-order chi connectivity index (χ0) is 15.0. The number of halogens is 4. The van der Waals surface area contributed by atoms with Crippen LogP contribution in [0.1, 0.15) is 0 Å². The van der Waals surface area contributed by atoms with Gasteiger partial charge in [-0.3, -0.25) is 10.1 Å². The number of rotatable bonds is 3. The van der Waals surface area contributed by atoms with E-state index in [1.807, 2.05) is 0 Å². The molecule has 0 spiro atoms. The second kappa shape index (κ2) is 5.04. The molecule has 0 saturated carbocycles. The van der Waals surface area contributed by atoms with E-state index in [2.05, 4.69) is 14.9 Å². The maximum Gasteiger partial charge on any atom is 0.573 e. The van der Waals surface area contributed by atoms with Crippen LogP contribution in [0.25, 0.3) is 0 Å². The highest BCUT2D eigenvalue weighted by Crippen LogP contribution is 2.39. The van der Waals surface area contributed by atoms with Crippen molar-refractivity contribution in [3.05, 3.63) is 20.0 Å². The monoisotopic (exact) mass is 413 g/mol. The summed E-state index contributed by atoms with van der Waals surface area (Å²) in [5, 5.41) is 15.3. The van der Waals surface area contributed by atoms with Crippen LogP contribution in [0.4, 0.5) is 18.9 Å². The predicted molar refractivity (Wildman–Crippen MR) is 61.7 cm³/mol. The van der Waals surface area contributed by atoms with Gasteiger partial charge in [0.25, 0.3) is 0 Å². The first-order chi connectivity index (χ1) is 8.43. The number of sulfonamides is 1. The molecule has 0 aliphatic carbocycles. The molecule has 0 fully saturated rings. The molecule has 0 amide bonds. The number of nitrogens with two attached hydrogens (primary N) is 1. The van der Waals surface area contributed by atoms with Gasteiger partial charge in [-0.25, -0.2) is 18.5 Å². The van der Waals surface area contributed by atoms with E-state index in [9.17, 15) is 31.7 Å². The molecule has 0 atom stereocenters. The lowest BCUT2D eigenvalue weighted by Crippen LogP contribution is -2.22. The summed E-state index contributed by atoms with van der Waals surface area (Å²) in [6.07, 6.45) is -4.88. The van der Waals surface area contributed by atoms with E-state index < -0.39 is 41.3 Å². The Kier molecular flexibility index (Phi) is 4.20. The molecule has 1 heterocycles. The molecule has 0 bridgehead atoms. The van der Waals surface area contributed by atoms with Crippen molar-refractivity contribution in [3.63, 3.8) is 0 Å². The molecule has 1 aromatic rings. The fraction of sp³-hybridized carbons (Fsp3) is 0.167. The molecule has 0 saturated heterocycles. The molecule has 1 aromatic heterocycles. The van der Waals surface area contributed by atoms with Crippen LogP contribution in [-0.2, 0) is 10.0 Å². The number of aromatic nitrogens is 1. The molecule has 0 aliphatic rings. The maximum absolute atomic E-state index is 12.2. The van der Waals surface area contributed by atoms with E-state index in [0.717, 1.165) is 0 Å². The molecule has 1 rings (SSSR count). The topological polar surface area (TPSA) is 125 Å². The molecule has 0 unspecified atom stereocenters. The van der Waals surface area contributed by atoms with Crippen LogP contribution in [0.3, 0.4) is 0 Å². The highest BCUT2D eigenvalue weighted by molar-refractivity contribution is 14.1. The van der Waals surface area contributed by atoms with E-state index in [1.54, 1.807) is 0 Å². The van der Waals surface area contributed by atoms with E-state index in [0.29, 0.717) is 6.20 Å². The Morgan fingerprint density at radius 3 is 2.37 bits per heavy atom. The third-order valence-electron chi connectivity index (χ3n) is 1.64. The minimum atomic E-state index is -5.32. The summed E-state index contributed by atoms with van der Waals surface area (Å²) < 4.78 is 61.6. The van der Waals surface area contributed by atoms with Crippen LogP contribution in [0.2, 0.25) is 0 Å². The number of hydrogen-bond donors (Lipinski definition) is 1. The third kappa shape index (κ3) is 3.87. The zero-order valence-electron chi connectivity index (χ0n) is 8.51. The Morgan fingerprint density at radius 1 is 1.47 bits per heavy atom. The van der Waals surface area contributed by atoms with E-state index in [4.69, 9.17) is 0 Å². The molecule has 19 heavy (non-hydrogen) atoms. The van der Waals surface area contributed by atoms with Gasteiger partial charge < -0.3 is 4.74 Å². The predicted octanol–water partition coefficient (Wildman–Crippen LogP) is 1.14. The lowest BCUT2D eigenvalue weighted by atomic mass is 10.4. The number of ether oxygens (including phenoxy) is 1. The summed E-state index contributed by atoms with van der Waals surface area (Å²) in [5.41, 5.74) is -1.23. The Balaban J connectivity index is 3.69. The van der Waals surface area contributed by atoms with Crippen LogP contribution in [0.15, 0.2) is 11.1 Å². The Hall–Kier alpha value is -1.22. The SMILES string of the molecule is NS(=O)(=O)c1cnc(I)c([N+](=O)[O-])c1OC(F)(F)F. The van der Waals surface area contributed by atoms with Crippen molar-refractivity contribution in [1.82, 2.24) is 4.98 Å². The van der Waals surface area contributed by atoms with Gasteiger partial charge in [-0.2, -0.15) is 0 Å². The molecular formula is C6H3F3IN3O5S. The number of alkyl halides is 3. The van der Waals surface area contributed by atoms with Crippen LogP contribution in [0.5, 0.6) is 5.75 Å². The van der Waals surface area contributed by atoms with Crippen molar-refractivity contribution in [2.75, 3.05) is 0 Å². The molecule has 8 nitrogen and oxygen atoms in total. The standard InChI is InChI=1S/C6H3F3IN3O5S/c7-6(8,9)18-4-2(19(11,16)17)1-12-5(10)3(4)13(14)15/h1H,(H2,11,16,17). The lowest BCUT2D eigenvalue weighted by molar-refractivity contribution is -0.390. The van der Waals surface area contributed by atoms with Gasteiger partial charge in [0, 0.05) is 0 Å². The smallest absolute Gasteiger partial charge is 0.397 e. The Bertz CT molecular complexity index is 632. The first-order valence-corrected chi connectivity index (χ1v) is 6.67. The fourth-order valence-corrected chi connectivity index (χ4v) is 2.20. The minimum Gasteiger partial charge on any atom is -0.397 e. The number of pyridine rings is 1. The average molecular weight is 413 g/mol. The third-order valence-corrected chi connectivity index (χ3v) is 3.33. The first-order valence-electron chi connectivity index (χ1n) is 4.05. The van der Waals surface area contributed by atoms with Crippen molar-refractivity contribution in [2.45, 2.75) is 11.3 Å². The van der Waals surface area contributed by atoms with Crippen LogP contribution < -0.4 is 9.88 Å². The second-order valence-corrected chi connectivity index (χ2v) is 5.49. The number of hydrogen-bond acceptors (Lipinski definition) is 6. The second-order valence-electron chi connectivity index (χ2n) is 2.94. The molecule has 2 N–H and O–H groups in total. The van der Waals surface area contributed by atoms with Gasteiger partial charge in [0.1, 0.15) is 4.90 Å². The van der Waals surface area contributed by atoms with Crippen LogP contribution in [0, 0.1) is 13.8 Å². The van der Waals surface area contributed by atoms with Gasteiger partial charge in [0.05, 0.1) is 11.1 Å². The molecule has 13 heteroatoms. The molecule has 106 valence electrons. The fourth-order valence-electron chi connectivity index (χ4n) is 1.02. The van der Waals surface area contributed by atoms with Gasteiger partial charge in [-0.15, -0.1) is 13.2 Å². The van der Waals surface area contributed by atoms with Gasteiger partial charge >= 0.3 is 12.0 Å². The number of nitro groups is 1. The quantitative estimate of drug-likeness (QED) is 0.343. The average Bonchev–Trinajstić information content (AvgIpc) is 2.11. The highest BCUT2D eigenvalue weighted by atomic mass is 127. The van der Waals surface area contributed by atoms with Crippen molar-refractivity contribution in [2.24, 2.45) is 5.14 Å². The zero-order valence-corrected chi connectivity index (χ0v) is 11.5. The summed E-state index contributed by atoms with van der Waals surface area (Å²) in [6, 6.07) is 0. The molecule has 0 aromatic carbocycles. The maximum atomic E-state index is 12.2. The summed E-state index contributed by atoms with van der Waals surface area (Å²) in [5.74, 6) is -1.51.